The molecule has 37 heavy (non-hydrogen) atoms. The maximum atomic E-state index is 11.4. The molecule has 196 valence electrons. The number of hydrogen-bond donors (Lipinski definition) is 1. The molecule has 4 rings (SSSR count). The normalized spacial score (nSPS) is 22.4. The van der Waals surface area contributed by atoms with Crippen LogP contribution in [0.3, 0.4) is 0 Å². The third-order valence-corrected chi connectivity index (χ3v) is 6.17. The van der Waals surface area contributed by atoms with Crippen LogP contribution >= 0.6 is 0 Å². The molecular formula is C30H34O7. The minimum absolute atomic E-state index is 0.237. The molecule has 1 aliphatic rings. The maximum absolute atomic E-state index is 11.4. The second kappa shape index (κ2) is 14.0. The van der Waals surface area contributed by atoms with Crippen molar-refractivity contribution in [3.8, 4) is 0 Å². The molecule has 1 N–H and O–H groups in total. The van der Waals surface area contributed by atoms with Crippen molar-refractivity contribution < 1.29 is 33.6 Å². The number of carbonyl (C=O) groups is 1. The molecule has 0 unspecified atom stereocenters. The average Bonchev–Trinajstić information content (AvgIpc) is 2.93. The van der Waals surface area contributed by atoms with Gasteiger partial charge in [-0.05, 0) is 23.6 Å². The highest BCUT2D eigenvalue weighted by Crippen LogP contribution is 2.29. The first-order chi connectivity index (χ1) is 18.1. The van der Waals surface area contributed by atoms with Crippen molar-refractivity contribution >= 4 is 5.97 Å². The van der Waals surface area contributed by atoms with E-state index in [9.17, 15) is 9.90 Å². The Kier molecular flexibility index (Phi) is 10.2. The van der Waals surface area contributed by atoms with E-state index in [0.29, 0.717) is 26.2 Å². The van der Waals surface area contributed by atoms with E-state index >= 15 is 0 Å². The quantitative estimate of drug-likeness (QED) is 0.350. The van der Waals surface area contributed by atoms with Gasteiger partial charge in [0.05, 0.1) is 32.5 Å². The molecule has 0 bridgehead atoms. The molecule has 3 aromatic rings. The molecule has 7 nitrogen and oxygen atoms in total. The molecule has 1 heterocycles. The Morgan fingerprint density at radius 1 is 0.838 bits per heavy atom. The zero-order valence-corrected chi connectivity index (χ0v) is 21.0. The number of hydrogen-bond acceptors (Lipinski definition) is 6. The molecule has 0 radical (unpaired) electrons. The molecule has 0 aromatic heterocycles. The van der Waals surface area contributed by atoms with Gasteiger partial charge >= 0.3 is 5.97 Å². The largest absolute Gasteiger partial charge is 0.479 e. The molecule has 0 spiro atoms. The Morgan fingerprint density at radius 2 is 1.35 bits per heavy atom. The minimum Gasteiger partial charge on any atom is -0.479 e. The number of carboxylic acids is 1. The number of benzene rings is 3. The highest BCUT2D eigenvalue weighted by molar-refractivity contribution is 5.71. The summed E-state index contributed by atoms with van der Waals surface area (Å²) in [5, 5.41) is 9.37. The Morgan fingerprint density at radius 3 is 1.89 bits per heavy atom. The van der Waals surface area contributed by atoms with E-state index in [-0.39, 0.29) is 6.61 Å². The predicted molar refractivity (Wildman–Crippen MR) is 138 cm³/mol. The van der Waals surface area contributed by atoms with Gasteiger partial charge in [-0.2, -0.15) is 0 Å². The molecule has 0 aliphatic carbocycles. The van der Waals surface area contributed by atoms with Crippen molar-refractivity contribution in [3.63, 3.8) is 0 Å². The third-order valence-electron chi connectivity index (χ3n) is 6.17. The summed E-state index contributed by atoms with van der Waals surface area (Å²) in [7, 11) is 0. The van der Waals surface area contributed by atoms with Crippen molar-refractivity contribution in [2.45, 2.75) is 63.9 Å². The van der Waals surface area contributed by atoms with Crippen LogP contribution in [-0.2, 0) is 48.3 Å². The summed E-state index contributed by atoms with van der Waals surface area (Å²) >= 11 is 0. The van der Waals surface area contributed by atoms with Gasteiger partial charge in [-0.1, -0.05) is 91.0 Å². The zero-order valence-electron chi connectivity index (χ0n) is 21.0. The summed E-state index contributed by atoms with van der Waals surface area (Å²) in [5.41, 5.74) is 3.11. The van der Waals surface area contributed by atoms with Crippen LogP contribution in [0.4, 0.5) is 0 Å². The van der Waals surface area contributed by atoms with E-state index in [2.05, 4.69) is 0 Å². The van der Waals surface area contributed by atoms with E-state index in [1.807, 2.05) is 91.0 Å². The third kappa shape index (κ3) is 8.49. The van der Waals surface area contributed by atoms with Gasteiger partial charge < -0.3 is 28.8 Å². The monoisotopic (exact) mass is 506 g/mol. The number of ether oxygens (including phenoxy) is 5. The molecule has 1 fully saturated rings. The van der Waals surface area contributed by atoms with Gasteiger partial charge in [0.15, 0.2) is 12.4 Å². The number of carboxylic acid groups (broad SMARTS) is 1. The van der Waals surface area contributed by atoms with E-state index in [1.165, 1.54) is 6.92 Å². The first kappa shape index (κ1) is 27.0. The van der Waals surface area contributed by atoms with Crippen LogP contribution in [0.1, 0.15) is 30.0 Å². The first-order valence-electron chi connectivity index (χ1n) is 12.5. The summed E-state index contributed by atoms with van der Waals surface area (Å²) in [6, 6.07) is 29.7. The minimum atomic E-state index is -1.05. The van der Waals surface area contributed by atoms with Gasteiger partial charge in [0.2, 0.25) is 0 Å². The second-order valence-electron chi connectivity index (χ2n) is 9.05. The van der Waals surface area contributed by atoms with Crippen LogP contribution in [0.2, 0.25) is 0 Å². The topological polar surface area (TPSA) is 83.5 Å². The van der Waals surface area contributed by atoms with Crippen molar-refractivity contribution in [3.05, 3.63) is 108 Å². The van der Waals surface area contributed by atoms with E-state index in [4.69, 9.17) is 23.7 Å². The van der Waals surface area contributed by atoms with Gasteiger partial charge in [-0.15, -0.1) is 0 Å². The lowest BCUT2D eigenvalue weighted by atomic mass is 10.0. The maximum Gasteiger partial charge on any atom is 0.332 e. The summed E-state index contributed by atoms with van der Waals surface area (Å²) in [4.78, 5) is 11.4. The van der Waals surface area contributed by atoms with Crippen LogP contribution in [0.5, 0.6) is 0 Å². The summed E-state index contributed by atoms with van der Waals surface area (Å²) in [6.45, 7) is 2.91. The van der Waals surface area contributed by atoms with E-state index in [0.717, 1.165) is 16.7 Å². The highest BCUT2D eigenvalue weighted by Gasteiger charge is 2.42. The molecule has 7 heteroatoms. The fourth-order valence-corrected chi connectivity index (χ4v) is 4.19. The van der Waals surface area contributed by atoms with Gasteiger partial charge in [0, 0.05) is 6.42 Å². The second-order valence-corrected chi connectivity index (χ2v) is 9.05. The van der Waals surface area contributed by atoms with E-state index < -0.39 is 36.7 Å². The van der Waals surface area contributed by atoms with Crippen molar-refractivity contribution in [2.24, 2.45) is 0 Å². The molecule has 0 saturated carbocycles. The van der Waals surface area contributed by atoms with Crippen molar-refractivity contribution in [1.29, 1.82) is 0 Å². The lowest BCUT2D eigenvalue weighted by Gasteiger charge is -2.41. The van der Waals surface area contributed by atoms with Gasteiger partial charge in [-0.3, -0.25) is 0 Å². The number of rotatable bonds is 13. The molecule has 5 atom stereocenters. The standard InChI is InChI=1S/C30H34O7/c1-22(30(31)32)36-28-17-26(34-19-24-13-7-3-8-14-24)29(35-20-25-15-9-4-10-16-25)27(37-28)21-33-18-23-11-5-2-6-12-23/h2-16,22,26-29H,17-21H2,1H3,(H,31,32)/t22-,26+,27+,28-,29-/m0/s1. The lowest BCUT2D eigenvalue weighted by molar-refractivity contribution is -0.286. The molecule has 1 saturated heterocycles. The van der Waals surface area contributed by atoms with Gasteiger partial charge in [0.25, 0.3) is 0 Å². The predicted octanol–water partition coefficient (Wildman–Crippen LogP) is 4.98. The van der Waals surface area contributed by atoms with Crippen molar-refractivity contribution in [2.75, 3.05) is 6.61 Å². The summed E-state index contributed by atoms with van der Waals surface area (Å²) in [5.74, 6) is -1.05. The van der Waals surface area contributed by atoms with E-state index in [1.54, 1.807) is 0 Å². The van der Waals surface area contributed by atoms with Crippen molar-refractivity contribution in [1.82, 2.24) is 0 Å². The fourth-order valence-electron chi connectivity index (χ4n) is 4.19. The lowest BCUT2D eigenvalue weighted by Crippen LogP contribution is -2.53. The Balaban J connectivity index is 1.50. The molecule has 0 amide bonds. The van der Waals surface area contributed by atoms with Crippen LogP contribution in [-0.4, -0.2) is 48.4 Å². The molecule has 3 aromatic carbocycles. The Bertz CT molecular complexity index is 1060. The van der Waals surface area contributed by atoms with Gasteiger partial charge in [0.1, 0.15) is 12.2 Å². The summed E-state index contributed by atoms with van der Waals surface area (Å²) in [6.07, 6.45) is -2.82. The zero-order chi connectivity index (χ0) is 25.9. The van der Waals surface area contributed by atoms with Crippen LogP contribution in [0.15, 0.2) is 91.0 Å². The molecule has 1 aliphatic heterocycles. The summed E-state index contributed by atoms with van der Waals surface area (Å²) < 4.78 is 30.7. The Hall–Kier alpha value is -3.07. The average molecular weight is 507 g/mol. The first-order valence-corrected chi connectivity index (χ1v) is 12.5. The fraction of sp³-hybridized carbons (Fsp3) is 0.367. The molecular weight excluding hydrogens is 472 g/mol. The highest BCUT2D eigenvalue weighted by atomic mass is 16.7. The van der Waals surface area contributed by atoms with Crippen LogP contribution in [0.25, 0.3) is 0 Å². The van der Waals surface area contributed by atoms with Crippen LogP contribution < -0.4 is 0 Å². The smallest absolute Gasteiger partial charge is 0.332 e. The SMILES string of the molecule is C[C@H](O[C@@H]1C[C@@H](OCc2ccccc2)[C@H](OCc2ccccc2)[C@@H](COCc2ccccc2)O1)C(=O)O. The van der Waals surface area contributed by atoms with Crippen LogP contribution in [0, 0.1) is 0 Å². The number of aliphatic carboxylic acids is 1. The Labute approximate surface area is 217 Å². The van der Waals surface area contributed by atoms with Gasteiger partial charge in [-0.25, -0.2) is 4.79 Å².